The van der Waals surface area contributed by atoms with Gasteiger partial charge in [-0.3, -0.25) is 4.40 Å². The molecule has 1 atom stereocenters. The van der Waals surface area contributed by atoms with Gasteiger partial charge in [0.05, 0.1) is 22.0 Å². The molecule has 32 heavy (non-hydrogen) atoms. The van der Waals surface area contributed by atoms with E-state index in [2.05, 4.69) is 30.1 Å². The molecule has 0 aliphatic carbocycles. The fourth-order valence-electron chi connectivity index (χ4n) is 4.34. The number of thiazole rings is 1. The summed E-state index contributed by atoms with van der Waals surface area (Å²) in [5.74, 6) is -0.329. The molecular formula is C25H26FN3O2S. The van der Waals surface area contributed by atoms with E-state index in [1.165, 1.54) is 16.3 Å². The Bertz CT molecular complexity index is 1330. The van der Waals surface area contributed by atoms with E-state index in [0.29, 0.717) is 17.8 Å². The molecule has 0 spiro atoms. The summed E-state index contributed by atoms with van der Waals surface area (Å²) in [5.41, 5.74) is 3.58. The summed E-state index contributed by atoms with van der Waals surface area (Å²) in [6.45, 7) is 8.24. The van der Waals surface area contributed by atoms with E-state index in [4.69, 9.17) is 4.74 Å². The van der Waals surface area contributed by atoms with Crippen molar-refractivity contribution in [3.63, 3.8) is 0 Å². The van der Waals surface area contributed by atoms with Gasteiger partial charge in [-0.15, -0.1) is 0 Å². The Labute approximate surface area is 190 Å². The lowest BCUT2D eigenvalue weighted by molar-refractivity contribution is 0.0224. The first-order chi connectivity index (χ1) is 15.2. The van der Waals surface area contributed by atoms with E-state index in [1.54, 1.807) is 22.3 Å². The number of hydrogen-bond acceptors (Lipinski definition) is 4. The Hall–Kier alpha value is -2.93. The predicted molar refractivity (Wildman–Crippen MR) is 126 cm³/mol. The highest BCUT2D eigenvalue weighted by molar-refractivity contribution is 7.23. The van der Waals surface area contributed by atoms with Crippen LogP contribution >= 0.6 is 11.3 Å². The van der Waals surface area contributed by atoms with Gasteiger partial charge < -0.3 is 9.64 Å². The molecule has 5 rings (SSSR count). The minimum atomic E-state index is -0.559. The topological polar surface area (TPSA) is 46.8 Å². The molecule has 7 heteroatoms. The van der Waals surface area contributed by atoms with Crippen molar-refractivity contribution < 1.29 is 13.9 Å². The highest BCUT2D eigenvalue weighted by atomic mass is 32.1. The van der Waals surface area contributed by atoms with Crippen LogP contribution in [0.15, 0.2) is 42.6 Å². The number of halogens is 1. The van der Waals surface area contributed by atoms with Crippen LogP contribution in [0.3, 0.4) is 0 Å². The van der Waals surface area contributed by atoms with Gasteiger partial charge in [0.25, 0.3) is 0 Å². The number of ether oxygens (including phenoxy) is 1. The second-order valence-corrected chi connectivity index (χ2v) is 10.4. The Morgan fingerprint density at radius 1 is 1.22 bits per heavy atom. The van der Waals surface area contributed by atoms with Gasteiger partial charge in [0, 0.05) is 18.3 Å². The number of imidazole rings is 1. The normalized spacial score (nSPS) is 16.9. The van der Waals surface area contributed by atoms with Crippen LogP contribution < -0.4 is 0 Å². The van der Waals surface area contributed by atoms with Crippen LogP contribution in [-0.2, 0) is 4.74 Å². The lowest BCUT2D eigenvalue weighted by Crippen LogP contribution is -2.36. The summed E-state index contributed by atoms with van der Waals surface area (Å²) >= 11 is 1.60. The van der Waals surface area contributed by atoms with E-state index in [-0.39, 0.29) is 18.0 Å². The third kappa shape index (κ3) is 3.75. The van der Waals surface area contributed by atoms with Crippen LogP contribution in [-0.4, -0.2) is 32.5 Å². The molecule has 2 aromatic carbocycles. The second-order valence-electron chi connectivity index (χ2n) is 9.42. The molecule has 1 aliphatic heterocycles. The minimum Gasteiger partial charge on any atom is -0.444 e. The Morgan fingerprint density at radius 3 is 2.78 bits per heavy atom. The van der Waals surface area contributed by atoms with Crippen molar-refractivity contribution in [1.82, 2.24) is 14.3 Å². The van der Waals surface area contributed by atoms with Crippen molar-refractivity contribution in [3.8, 4) is 11.3 Å². The molecule has 0 radical (unpaired) electrons. The standard InChI is InChI=1S/C25H26FN3O2S/c1-15-7-10-21-22(12-15)32-23-27-19(14-29(21)23)17-9-8-16(13-18(17)26)20-6-5-11-28(20)24(30)31-25(2,3)4/h7-10,12-14,20H,5-6,11H2,1-4H3. The number of amides is 1. The van der Waals surface area contributed by atoms with E-state index in [9.17, 15) is 4.79 Å². The van der Waals surface area contributed by atoms with Crippen molar-refractivity contribution in [2.75, 3.05) is 6.54 Å². The van der Waals surface area contributed by atoms with Crippen molar-refractivity contribution in [3.05, 3.63) is 59.5 Å². The molecular weight excluding hydrogens is 425 g/mol. The average Bonchev–Trinajstić information content (AvgIpc) is 3.40. The van der Waals surface area contributed by atoms with E-state index in [0.717, 1.165) is 28.9 Å². The maximum atomic E-state index is 15.2. The molecule has 5 nitrogen and oxygen atoms in total. The summed E-state index contributed by atoms with van der Waals surface area (Å²) in [4.78, 5) is 19.8. The van der Waals surface area contributed by atoms with Gasteiger partial charge in [-0.25, -0.2) is 14.2 Å². The van der Waals surface area contributed by atoms with Crippen LogP contribution in [0, 0.1) is 12.7 Å². The molecule has 166 valence electrons. The van der Waals surface area contributed by atoms with Crippen molar-refractivity contribution in [2.24, 2.45) is 0 Å². The zero-order chi connectivity index (χ0) is 22.6. The highest BCUT2D eigenvalue weighted by Crippen LogP contribution is 2.36. The van der Waals surface area contributed by atoms with Crippen molar-refractivity contribution in [1.29, 1.82) is 0 Å². The highest BCUT2D eigenvalue weighted by Gasteiger charge is 2.33. The van der Waals surface area contributed by atoms with Gasteiger partial charge in [-0.05, 0) is 75.9 Å². The average molecular weight is 452 g/mol. The Kier molecular flexibility index (Phi) is 4.97. The molecule has 1 saturated heterocycles. The van der Waals surface area contributed by atoms with Crippen LogP contribution in [0.1, 0.15) is 50.8 Å². The molecule has 1 fully saturated rings. The monoisotopic (exact) mass is 451 g/mol. The maximum Gasteiger partial charge on any atom is 0.410 e. The van der Waals surface area contributed by atoms with Gasteiger partial charge in [0.2, 0.25) is 0 Å². The third-order valence-electron chi connectivity index (χ3n) is 5.78. The maximum absolute atomic E-state index is 15.2. The molecule has 0 N–H and O–H groups in total. The van der Waals surface area contributed by atoms with Crippen molar-refractivity contribution >= 4 is 32.6 Å². The van der Waals surface area contributed by atoms with Crippen LogP contribution in [0.2, 0.25) is 0 Å². The number of carbonyl (C=O) groups is 1. The Balaban J connectivity index is 1.45. The number of benzene rings is 2. The van der Waals surface area contributed by atoms with E-state index < -0.39 is 5.60 Å². The molecule has 0 saturated carbocycles. The summed E-state index contributed by atoms with van der Waals surface area (Å²) in [6.07, 6.45) is 3.21. The Morgan fingerprint density at radius 2 is 2.03 bits per heavy atom. The molecule has 1 aliphatic rings. The number of likely N-dealkylation sites (tertiary alicyclic amines) is 1. The third-order valence-corrected chi connectivity index (χ3v) is 6.80. The van der Waals surface area contributed by atoms with E-state index >= 15 is 4.39 Å². The van der Waals surface area contributed by atoms with Gasteiger partial charge in [-0.1, -0.05) is 23.5 Å². The number of fused-ring (bicyclic) bond motifs is 3. The van der Waals surface area contributed by atoms with Gasteiger partial charge in [-0.2, -0.15) is 0 Å². The van der Waals surface area contributed by atoms with Gasteiger partial charge >= 0.3 is 6.09 Å². The summed E-state index contributed by atoms with van der Waals surface area (Å²) in [5, 5.41) is 0. The van der Waals surface area contributed by atoms with E-state index in [1.807, 2.05) is 37.4 Å². The largest absolute Gasteiger partial charge is 0.444 e. The second kappa shape index (κ2) is 7.59. The molecule has 3 heterocycles. The van der Waals surface area contributed by atoms with Crippen LogP contribution in [0.5, 0.6) is 0 Å². The van der Waals surface area contributed by atoms with Crippen LogP contribution in [0.4, 0.5) is 9.18 Å². The zero-order valence-corrected chi connectivity index (χ0v) is 19.5. The SMILES string of the molecule is Cc1ccc2c(c1)sc1nc(-c3ccc(C4CCCN4C(=O)OC(C)(C)C)cc3F)cn12. The number of rotatable bonds is 2. The molecule has 1 amide bonds. The molecule has 1 unspecified atom stereocenters. The predicted octanol–water partition coefficient (Wildman–Crippen LogP) is 6.74. The molecule has 2 aromatic heterocycles. The summed E-state index contributed by atoms with van der Waals surface area (Å²) in [7, 11) is 0. The number of nitrogens with zero attached hydrogens (tertiary/aromatic N) is 3. The first-order valence-corrected chi connectivity index (χ1v) is 11.7. The number of carbonyl (C=O) groups excluding carboxylic acids is 1. The minimum absolute atomic E-state index is 0.175. The zero-order valence-electron chi connectivity index (χ0n) is 18.7. The van der Waals surface area contributed by atoms with Gasteiger partial charge in [0.15, 0.2) is 4.96 Å². The number of aryl methyl sites for hydroxylation is 1. The van der Waals surface area contributed by atoms with Gasteiger partial charge in [0.1, 0.15) is 11.4 Å². The first-order valence-electron chi connectivity index (χ1n) is 10.9. The molecule has 4 aromatic rings. The first kappa shape index (κ1) is 20.9. The number of hydrogen-bond donors (Lipinski definition) is 0. The number of aromatic nitrogens is 2. The lowest BCUT2D eigenvalue weighted by Gasteiger charge is -2.29. The summed E-state index contributed by atoms with van der Waals surface area (Å²) in [6, 6.07) is 11.3. The fraction of sp³-hybridized carbons (Fsp3) is 0.360. The van der Waals surface area contributed by atoms with Crippen molar-refractivity contribution in [2.45, 2.75) is 52.2 Å². The fourth-order valence-corrected chi connectivity index (χ4v) is 5.44. The quantitative estimate of drug-likeness (QED) is 0.339. The summed E-state index contributed by atoms with van der Waals surface area (Å²) < 4.78 is 23.9. The smallest absolute Gasteiger partial charge is 0.410 e. The molecule has 0 bridgehead atoms. The lowest BCUT2D eigenvalue weighted by atomic mass is 10.0. The van der Waals surface area contributed by atoms with Crippen LogP contribution in [0.25, 0.3) is 26.4 Å².